The number of aliphatic hydroxyl groups excluding tert-OH is 1. The summed E-state index contributed by atoms with van der Waals surface area (Å²) in [5, 5.41) is 9.53. The van der Waals surface area contributed by atoms with Crippen LogP contribution in [0.2, 0.25) is 5.02 Å². The highest BCUT2D eigenvalue weighted by atomic mass is 35.5. The summed E-state index contributed by atoms with van der Waals surface area (Å²) in [6, 6.07) is 1.95. The molecule has 112 valence electrons. The molecule has 0 spiro atoms. The number of β-amino-alcohol motifs (C(OH)–C–C–N with tert-alkyl or cyclic N) is 1. The van der Waals surface area contributed by atoms with Crippen molar-refractivity contribution in [1.82, 2.24) is 14.4 Å². The predicted molar refractivity (Wildman–Crippen MR) is 79.3 cm³/mol. The maximum atomic E-state index is 12.6. The van der Waals surface area contributed by atoms with Crippen molar-refractivity contribution in [2.75, 3.05) is 39.3 Å². The number of aliphatic hydroxyl groups is 1. The Morgan fingerprint density at radius 3 is 2.55 bits per heavy atom. The highest BCUT2D eigenvalue weighted by Crippen LogP contribution is 2.20. The van der Waals surface area contributed by atoms with Crippen molar-refractivity contribution in [2.45, 2.75) is 19.9 Å². The Bertz CT molecular complexity index is 465. The first-order valence-corrected chi connectivity index (χ1v) is 7.40. The second kappa shape index (κ2) is 6.61. The van der Waals surface area contributed by atoms with Gasteiger partial charge in [0.2, 0.25) is 0 Å². The van der Waals surface area contributed by atoms with Crippen molar-refractivity contribution in [3.05, 3.63) is 23.0 Å². The summed E-state index contributed by atoms with van der Waals surface area (Å²) in [6.45, 7) is 7.92. The maximum absolute atomic E-state index is 12.6. The average Bonchev–Trinajstić information content (AvgIpc) is 2.81. The van der Waals surface area contributed by atoms with E-state index in [-0.39, 0.29) is 18.6 Å². The Morgan fingerprint density at radius 1 is 1.35 bits per heavy atom. The first kappa shape index (κ1) is 15.4. The Hall–Kier alpha value is -1.04. The fourth-order valence-electron chi connectivity index (χ4n) is 2.52. The monoisotopic (exact) mass is 299 g/mol. The smallest absolute Gasteiger partial charge is 0.270 e. The molecule has 1 amide bonds. The van der Waals surface area contributed by atoms with Gasteiger partial charge >= 0.3 is 0 Å². The second-order valence-corrected chi connectivity index (χ2v) is 5.84. The number of rotatable bonds is 4. The van der Waals surface area contributed by atoms with Gasteiger partial charge in [-0.3, -0.25) is 9.69 Å². The molecule has 0 aliphatic carbocycles. The topological polar surface area (TPSA) is 48.7 Å². The normalized spacial score (nSPS) is 16.9. The highest BCUT2D eigenvalue weighted by Gasteiger charge is 2.24. The highest BCUT2D eigenvalue weighted by molar-refractivity contribution is 6.31. The quantitative estimate of drug-likeness (QED) is 0.916. The molecular formula is C14H22ClN3O2. The number of nitrogens with zero attached hydrogens (tertiary/aromatic N) is 3. The van der Waals surface area contributed by atoms with E-state index in [4.69, 9.17) is 16.7 Å². The molecule has 1 aromatic heterocycles. The molecule has 1 aliphatic heterocycles. The molecule has 5 nitrogen and oxygen atoms in total. The van der Waals surface area contributed by atoms with Gasteiger partial charge in [0.15, 0.2) is 0 Å². The molecule has 2 rings (SSSR count). The average molecular weight is 300 g/mol. The van der Waals surface area contributed by atoms with Crippen LogP contribution in [0.4, 0.5) is 0 Å². The van der Waals surface area contributed by atoms with E-state index in [1.807, 2.05) is 29.5 Å². The minimum Gasteiger partial charge on any atom is -0.395 e. The first-order valence-electron chi connectivity index (χ1n) is 7.02. The lowest BCUT2D eigenvalue weighted by molar-refractivity contribution is 0.0603. The van der Waals surface area contributed by atoms with Gasteiger partial charge < -0.3 is 14.6 Å². The van der Waals surface area contributed by atoms with E-state index in [1.54, 1.807) is 6.07 Å². The van der Waals surface area contributed by atoms with Gasteiger partial charge in [0.25, 0.3) is 5.91 Å². The zero-order chi connectivity index (χ0) is 14.7. The Labute approximate surface area is 124 Å². The van der Waals surface area contributed by atoms with Crippen molar-refractivity contribution < 1.29 is 9.90 Å². The summed E-state index contributed by atoms with van der Waals surface area (Å²) in [5.41, 5.74) is 0.653. The molecule has 1 aliphatic rings. The van der Waals surface area contributed by atoms with Gasteiger partial charge in [-0.2, -0.15) is 0 Å². The van der Waals surface area contributed by atoms with E-state index in [2.05, 4.69) is 4.90 Å². The van der Waals surface area contributed by atoms with Gasteiger partial charge in [-0.15, -0.1) is 0 Å². The van der Waals surface area contributed by atoms with Gasteiger partial charge in [-0.05, 0) is 19.9 Å². The van der Waals surface area contributed by atoms with Crippen LogP contribution in [-0.2, 0) is 0 Å². The summed E-state index contributed by atoms with van der Waals surface area (Å²) < 4.78 is 1.92. The molecule has 0 radical (unpaired) electrons. The number of carbonyl (C=O) groups excluding carboxylic acids is 1. The fourth-order valence-corrected chi connectivity index (χ4v) is 2.73. The predicted octanol–water partition coefficient (Wildman–Crippen LogP) is 1.47. The molecule has 0 atom stereocenters. The molecule has 6 heteroatoms. The lowest BCUT2D eigenvalue weighted by Gasteiger charge is -2.34. The minimum absolute atomic E-state index is 0.0363. The number of halogens is 1. The van der Waals surface area contributed by atoms with Gasteiger partial charge in [0.05, 0.1) is 11.6 Å². The Balaban J connectivity index is 2.05. The molecule has 20 heavy (non-hydrogen) atoms. The standard InChI is InChI=1S/C14H22ClN3O2/c1-11(2)18-10-12(15)9-13(18)14(20)17-5-3-16(4-6-17)7-8-19/h9-11,19H,3-8H2,1-2H3. The van der Waals surface area contributed by atoms with E-state index in [9.17, 15) is 4.79 Å². The van der Waals surface area contributed by atoms with Crippen LogP contribution < -0.4 is 0 Å². The molecule has 0 saturated carbocycles. The number of carbonyl (C=O) groups is 1. The molecule has 1 aromatic rings. The Kier molecular flexibility index (Phi) is 5.07. The molecular weight excluding hydrogens is 278 g/mol. The molecule has 1 fully saturated rings. The third kappa shape index (κ3) is 3.34. The van der Waals surface area contributed by atoms with Crippen molar-refractivity contribution in [2.24, 2.45) is 0 Å². The van der Waals surface area contributed by atoms with Crippen LogP contribution in [0.5, 0.6) is 0 Å². The molecule has 0 bridgehead atoms. The van der Waals surface area contributed by atoms with Crippen LogP contribution in [0, 0.1) is 0 Å². The third-order valence-electron chi connectivity index (χ3n) is 3.67. The molecule has 2 heterocycles. The first-order chi connectivity index (χ1) is 9.52. The van der Waals surface area contributed by atoms with Gasteiger partial charge in [-0.1, -0.05) is 11.6 Å². The van der Waals surface area contributed by atoms with Crippen LogP contribution in [-0.4, -0.2) is 64.7 Å². The zero-order valence-corrected chi connectivity index (χ0v) is 12.8. The SMILES string of the molecule is CC(C)n1cc(Cl)cc1C(=O)N1CCN(CCO)CC1. The fraction of sp³-hybridized carbons (Fsp3) is 0.643. The van der Waals surface area contributed by atoms with Crippen molar-refractivity contribution in [3.63, 3.8) is 0 Å². The van der Waals surface area contributed by atoms with Crippen LogP contribution in [0.15, 0.2) is 12.3 Å². The van der Waals surface area contributed by atoms with E-state index in [1.165, 1.54) is 0 Å². The summed E-state index contributed by atoms with van der Waals surface area (Å²) in [7, 11) is 0. The number of piperazine rings is 1. The minimum atomic E-state index is 0.0363. The van der Waals surface area contributed by atoms with Crippen LogP contribution >= 0.6 is 11.6 Å². The van der Waals surface area contributed by atoms with Crippen molar-refractivity contribution >= 4 is 17.5 Å². The van der Waals surface area contributed by atoms with E-state index in [0.29, 0.717) is 30.4 Å². The van der Waals surface area contributed by atoms with E-state index < -0.39 is 0 Å². The summed E-state index contributed by atoms with van der Waals surface area (Å²) in [6.07, 6.45) is 1.81. The molecule has 0 aromatic carbocycles. The molecule has 1 N–H and O–H groups in total. The summed E-state index contributed by atoms with van der Waals surface area (Å²) in [5.74, 6) is 0.0363. The van der Waals surface area contributed by atoms with Crippen LogP contribution in [0.25, 0.3) is 0 Å². The number of aromatic nitrogens is 1. The van der Waals surface area contributed by atoms with Crippen molar-refractivity contribution in [1.29, 1.82) is 0 Å². The van der Waals surface area contributed by atoms with E-state index >= 15 is 0 Å². The van der Waals surface area contributed by atoms with Crippen LogP contribution in [0.3, 0.4) is 0 Å². The summed E-state index contributed by atoms with van der Waals surface area (Å²) in [4.78, 5) is 16.6. The molecule has 1 saturated heterocycles. The van der Waals surface area contributed by atoms with Gasteiger partial charge in [-0.25, -0.2) is 0 Å². The van der Waals surface area contributed by atoms with Gasteiger partial charge in [0.1, 0.15) is 5.69 Å². The molecule has 0 unspecified atom stereocenters. The maximum Gasteiger partial charge on any atom is 0.270 e. The van der Waals surface area contributed by atoms with Crippen molar-refractivity contribution in [3.8, 4) is 0 Å². The largest absolute Gasteiger partial charge is 0.395 e. The number of amides is 1. The Morgan fingerprint density at radius 2 is 2.00 bits per heavy atom. The lowest BCUT2D eigenvalue weighted by Crippen LogP contribution is -2.49. The van der Waals surface area contributed by atoms with Gasteiger partial charge in [0, 0.05) is 45.0 Å². The van der Waals surface area contributed by atoms with E-state index in [0.717, 1.165) is 13.1 Å². The van der Waals surface area contributed by atoms with Crippen LogP contribution in [0.1, 0.15) is 30.4 Å². The summed E-state index contributed by atoms with van der Waals surface area (Å²) >= 11 is 6.03. The zero-order valence-electron chi connectivity index (χ0n) is 12.0. The second-order valence-electron chi connectivity index (χ2n) is 5.40. The lowest BCUT2D eigenvalue weighted by atomic mass is 10.2. The number of hydrogen-bond donors (Lipinski definition) is 1. The third-order valence-corrected chi connectivity index (χ3v) is 3.87. The number of hydrogen-bond acceptors (Lipinski definition) is 3.